The number of likely N-dealkylation sites (tertiary alicyclic amines) is 1. The van der Waals surface area contributed by atoms with E-state index in [1.165, 1.54) is 6.08 Å². The Morgan fingerprint density at radius 2 is 2.30 bits per heavy atom. The molecule has 0 radical (unpaired) electrons. The van der Waals surface area contributed by atoms with E-state index in [9.17, 15) is 13.6 Å². The smallest absolute Gasteiger partial charge is 0.313 e. The number of fused-ring (bicyclic) bond motifs is 1. The van der Waals surface area contributed by atoms with Crippen molar-refractivity contribution in [3.63, 3.8) is 0 Å². The third kappa shape index (κ3) is 2.86. The average molecular weight is 288 g/mol. The molecule has 2 heterocycles. The van der Waals surface area contributed by atoms with E-state index in [0.29, 0.717) is 13.0 Å². The maximum absolute atomic E-state index is 13.9. The first kappa shape index (κ1) is 15.4. The van der Waals surface area contributed by atoms with Crippen molar-refractivity contribution in [1.82, 2.24) is 10.2 Å². The van der Waals surface area contributed by atoms with Crippen LogP contribution in [0.3, 0.4) is 0 Å². The van der Waals surface area contributed by atoms with Gasteiger partial charge in [0.05, 0.1) is 18.0 Å². The fraction of sp³-hybridized carbons (Fsp3) is 0.786. The highest BCUT2D eigenvalue weighted by Crippen LogP contribution is 2.37. The molecule has 0 aromatic rings. The van der Waals surface area contributed by atoms with E-state index in [2.05, 4.69) is 11.9 Å². The second kappa shape index (κ2) is 5.41. The van der Waals surface area contributed by atoms with Crippen LogP contribution in [0.15, 0.2) is 12.7 Å². The van der Waals surface area contributed by atoms with Crippen LogP contribution >= 0.6 is 0 Å². The van der Waals surface area contributed by atoms with Crippen LogP contribution in [0.25, 0.3) is 0 Å². The standard InChI is InChI=1S/C14H22F2N2O2/c1-4-7-20-12(19)13(2,3)9-18-6-5-10-11(18)14(15,16)8-17-10/h4,10-11,17H,1,5-9H2,2-3H3/t10-,11+/m1/s1. The molecule has 0 amide bonds. The largest absolute Gasteiger partial charge is 0.461 e. The Bertz CT molecular complexity index is 399. The van der Waals surface area contributed by atoms with E-state index in [-0.39, 0.29) is 31.7 Å². The number of esters is 1. The maximum atomic E-state index is 13.9. The molecule has 0 aromatic carbocycles. The predicted molar refractivity (Wildman–Crippen MR) is 71.7 cm³/mol. The Hall–Kier alpha value is -1.01. The van der Waals surface area contributed by atoms with Crippen LogP contribution in [0.5, 0.6) is 0 Å². The van der Waals surface area contributed by atoms with Crippen molar-refractivity contribution < 1.29 is 18.3 Å². The van der Waals surface area contributed by atoms with Crippen molar-refractivity contribution in [3.8, 4) is 0 Å². The minimum absolute atomic E-state index is 0.145. The van der Waals surface area contributed by atoms with Gasteiger partial charge in [-0.15, -0.1) is 0 Å². The molecule has 2 rings (SSSR count). The molecule has 1 N–H and O–H groups in total. The summed E-state index contributed by atoms with van der Waals surface area (Å²) < 4.78 is 32.8. The molecule has 0 spiro atoms. The maximum Gasteiger partial charge on any atom is 0.313 e. The van der Waals surface area contributed by atoms with Crippen LogP contribution in [0.1, 0.15) is 20.3 Å². The fourth-order valence-electron chi connectivity index (χ4n) is 3.08. The van der Waals surface area contributed by atoms with Gasteiger partial charge in [0.15, 0.2) is 0 Å². The van der Waals surface area contributed by atoms with Crippen molar-refractivity contribution in [2.45, 2.75) is 38.3 Å². The highest BCUT2D eigenvalue weighted by atomic mass is 19.3. The number of halogens is 2. The second-order valence-electron chi connectivity index (χ2n) is 6.22. The summed E-state index contributed by atoms with van der Waals surface area (Å²) in [6, 6.07) is -0.987. The van der Waals surface area contributed by atoms with E-state index in [0.717, 1.165) is 0 Å². The van der Waals surface area contributed by atoms with E-state index in [4.69, 9.17) is 4.74 Å². The third-order valence-corrected chi connectivity index (χ3v) is 4.02. The highest BCUT2D eigenvalue weighted by molar-refractivity contribution is 5.76. The zero-order valence-electron chi connectivity index (χ0n) is 12.0. The summed E-state index contributed by atoms with van der Waals surface area (Å²) in [7, 11) is 0. The topological polar surface area (TPSA) is 41.6 Å². The molecule has 2 atom stereocenters. The van der Waals surface area contributed by atoms with Crippen molar-refractivity contribution >= 4 is 5.97 Å². The lowest BCUT2D eigenvalue weighted by Gasteiger charge is -2.33. The highest BCUT2D eigenvalue weighted by Gasteiger charge is 2.56. The number of carbonyl (C=O) groups excluding carboxylic acids is 1. The summed E-state index contributed by atoms with van der Waals surface area (Å²) in [4.78, 5) is 13.7. The van der Waals surface area contributed by atoms with Gasteiger partial charge in [-0.25, -0.2) is 8.78 Å². The summed E-state index contributed by atoms with van der Waals surface area (Å²) in [5.74, 6) is -3.11. The minimum Gasteiger partial charge on any atom is -0.461 e. The van der Waals surface area contributed by atoms with E-state index in [1.54, 1.807) is 18.7 Å². The van der Waals surface area contributed by atoms with Crippen molar-refractivity contribution in [1.29, 1.82) is 0 Å². The van der Waals surface area contributed by atoms with Gasteiger partial charge in [-0.1, -0.05) is 12.7 Å². The van der Waals surface area contributed by atoms with Crippen LogP contribution in [0, 0.1) is 5.41 Å². The van der Waals surface area contributed by atoms with Crippen LogP contribution in [0.4, 0.5) is 8.78 Å². The van der Waals surface area contributed by atoms with Crippen molar-refractivity contribution in [3.05, 3.63) is 12.7 Å². The first-order valence-corrected chi connectivity index (χ1v) is 6.91. The fourth-order valence-corrected chi connectivity index (χ4v) is 3.08. The normalized spacial score (nSPS) is 29.2. The van der Waals surface area contributed by atoms with Gasteiger partial charge >= 0.3 is 5.97 Å². The summed E-state index contributed by atoms with van der Waals surface area (Å²) in [6.45, 7) is 7.67. The van der Waals surface area contributed by atoms with Crippen molar-refractivity contribution in [2.24, 2.45) is 5.41 Å². The summed E-state index contributed by atoms with van der Waals surface area (Å²) in [5.41, 5.74) is -0.809. The lowest BCUT2D eigenvalue weighted by Crippen LogP contribution is -2.50. The van der Waals surface area contributed by atoms with E-state index in [1.807, 2.05) is 0 Å². The predicted octanol–water partition coefficient (Wildman–Crippen LogP) is 1.42. The molecular formula is C14H22F2N2O2. The van der Waals surface area contributed by atoms with E-state index >= 15 is 0 Å². The van der Waals surface area contributed by atoms with Gasteiger partial charge in [-0.2, -0.15) is 0 Å². The van der Waals surface area contributed by atoms with Gasteiger partial charge in [-0.05, 0) is 20.3 Å². The molecule has 0 unspecified atom stereocenters. The van der Waals surface area contributed by atoms with Crippen LogP contribution in [-0.2, 0) is 9.53 Å². The van der Waals surface area contributed by atoms with Crippen molar-refractivity contribution in [2.75, 3.05) is 26.2 Å². The average Bonchev–Trinajstić information content (AvgIpc) is 2.88. The molecule has 2 aliphatic rings. The summed E-state index contributed by atoms with van der Waals surface area (Å²) in [5, 5.41) is 2.87. The van der Waals surface area contributed by atoms with Gasteiger partial charge in [0, 0.05) is 19.1 Å². The monoisotopic (exact) mass is 288 g/mol. The summed E-state index contributed by atoms with van der Waals surface area (Å²) >= 11 is 0. The van der Waals surface area contributed by atoms with Gasteiger partial charge in [0.2, 0.25) is 0 Å². The Labute approximate surface area is 118 Å². The molecule has 0 saturated carbocycles. The summed E-state index contributed by atoms with van der Waals surface area (Å²) in [6.07, 6.45) is 2.19. The first-order valence-electron chi connectivity index (χ1n) is 6.91. The molecule has 114 valence electrons. The van der Waals surface area contributed by atoms with Gasteiger partial charge in [0.25, 0.3) is 5.92 Å². The van der Waals surface area contributed by atoms with Gasteiger partial charge in [0.1, 0.15) is 6.61 Å². The van der Waals surface area contributed by atoms with E-state index < -0.39 is 17.4 Å². The second-order valence-corrected chi connectivity index (χ2v) is 6.22. The molecular weight excluding hydrogens is 266 g/mol. The number of nitrogens with zero attached hydrogens (tertiary/aromatic N) is 1. The Balaban J connectivity index is 2.02. The molecule has 20 heavy (non-hydrogen) atoms. The minimum atomic E-state index is -2.73. The molecule has 2 saturated heterocycles. The first-order chi connectivity index (χ1) is 9.28. The third-order valence-electron chi connectivity index (χ3n) is 4.02. The molecule has 2 fully saturated rings. The zero-order chi connectivity index (χ0) is 15.0. The molecule has 0 aliphatic carbocycles. The lowest BCUT2D eigenvalue weighted by atomic mass is 9.92. The molecule has 4 nitrogen and oxygen atoms in total. The number of ether oxygens (including phenoxy) is 1. The number of alkyl halides is 2. The van der Waals surface area contributed by atoms with Crippen LogP contribution < -0.4 is 5.32 Å². The number of nitrogens with one attached hydrogen (secondary N) is 1. The number of hydrogen-bond donors (Lipinski definition) is 1. The Kier molecular flexibility index (Phi) is 4.16. The Morgan fingerprint density at radius 1 is 1.60 bits per heavy atom. The molecule has 0 bridgehead atoms. The number of carbonyl (C=O) groups is 1. The van der Waals surface area contributed by atoms with Crippen LogP contribution in [-0.4, -0.2) is 55.1 Å². The molecule has 6 heteroatoms. The SMILES string of the molecule is C=CCOC(=O)C(C)(C)CN1CC[C@H]2NCC(F)(F)[C@H]21. The lowest BCUT2D eigenvalue weighted by molar-refractivity contribution is -0.154. The molecule has 0 aromatic heterocycles. The zero-order valence-corrected chi connectivity index (χ0v) is 12.0. The molecule has 2 aliphatic heterocycles. The quantitative estimate of drug-likeness (QED) is 0.614. The van der Waals surface area contributed by atoms with Crippen LogP contribution in [0.2, 0.25) is 0 Å². The van der Waals surface area contributed by atoms with Gasteiger partial charge < -0.3 is 10.1 Å². The van der Waals surface area contributed by atoms with Gasteiger partial charge in [-0.3, -0.25) is 9.69 Å². The Morgan fingerprint density at radius 3 is 2.95 bits per heavy atom. The number of rotatable bonds is 5. The number of hydrogen-bond acceptors (Lipinski definition) is 4.